The monoisotopic (exact) mass is 435 g/mol. The molecule has 2 aromatic carbocycles. The topological polar surface area (TPSA) is 89.0 Å². The molecular formula is C20H19Cl2N3O4. The lowest BCUT2D eigenvalue weighted by molar-refractivity contribution is -0.139. The number of hydrogen-bond acceptors (Lipinski definition) is 5. The van der Waals surface area contributed by atoms with Crippen LogP contribution in [0.15, 0.2) is 54.2 Å². The highest BCUT2D eigenvalue weighted by Crippen LogP contribution is 2.27. The molecule has 29 heavy (non-hydrogen) atoms. The van der Waals surface area contributed by atoms with Crippen molar-refractivity contribution in [2.75, 3.05) is 13.7 Å². The van der Waals surface area contributed by atoms with E-state index in [0.29, 0.717) is 39.3 Å². The quantitative estimate of drug-likeness (QED) is 0.288. The summed E-state index contributed by atoms with van der Waals surface area (Å²) in [4.78, 5) is 23.7. The lowest BCUT2D eigenvalue weighted by Crippen LogP contribution is -2.37. The number of hydrazone groups is 1. The number of carbonyl (C=O) groups is 2. The Morgan fingerprint density at radius 3 is 2.62 bits per heavy atom. The van der Waals surface area contributed by atoms with Crippen LogP contribution in [-0.2, 0) is 16.1 Å². The Hall–Kier alpha value is -3.03. The molecular weight excluding hydrogens is 417 g/mol. The highest BCUT2D eigenvalue weighted by molar-refractivity contribution is 6.36. The van der Waals surface area contributed by atoms with Gasteiger partial charge in [-0.25, -0.2) is 5.43 Å². The highest BCUT2D eigenvalue weighted by Gasteiger charge is 2.13. The zero-order valence-corrected chi connectivity index (χ0v) is 17.1. The van der Waals surface area contributed by atoms with Crippen molar-refractivity contribution in [1.82, 2.24) is 10.7 Å². The van der Waals surface area contributed by atoms with Crippen molar-refractivity contribution in [3.8, 4) is 11.5 Å². The molecule has 0 saturated carbocycles. The number of carbonyl (C=O) groups excluding carboxylic acids is 2. The SMILES string of the molecule is C=CCOc1ccc(/C=N/NC(=O)C(=O)NCc2ccc(Cl)cc2Cl)cc1OC. The van der Waals surface area contributed by atoms with Gasteiger partial charge in [0.15, 0.2) is 11.5 Å². The Bertz CT molecular complexity index is 932. The number of nitrogens with zero attached hydrogens (tertiary/aromatic N) is 1. The van der Waals surface area contributed by atoms with Gasteiger partial charge in [0, 0.05) is 16.6 Å². The predicted molar refractivity (Wildman–Crippen MR) is 113 cm³/mol. The molecule has 0 saturated heterocycles. The van der Waals surface area contributed by atoms with E-state index in [-0.39, 0.29) is 6.54 Å². The second-order valence-corrected chi connectivity index (χ2v) is 6.47. The lowest BCUT2D eigenvalue weighted by Gasteiger charge is -2.09. The molecule has 9 heteroatoms. The Balaban J connectivity index is 1.89. The normalized spacial score (nSPS) is 10.4. The standard InChI is InChI=1S/C20H19Cl2N3O4/c1-3-8-29-17-7-4-13(9-18(17)28-2)11-24-25-20(27)19(26)23-12-14-5-6-15(21)10-16(14)22/h3-7,9-11H,1,8,12H2,2H3,(H,23,26)(H,25,27)/b24-11+. The van der Waals surface area contributed by atoms with E-state index in [4.69, 9.17) is 32.7 Å². The summed E-state index contributed by atoms with van der Waals surface area (Å²) in [7, 11) is 1.51. The molecule has 0 aliphatic carbocycles. The van der Waals surface area contributed by atoms with E-state index in [1.807, 2.05) is 0 Å². The zero-order valence-electron chi connectivity index (χ0n) is 15.6. The Morgan fingerprint density at radius 2 is 1.93 bits per heavy atom. The number of halogens is 2. The minimum absolute atomic E-state index is 0.0787. The summed E-state index contributed by atoms with van der Waals surface area (Å²) in [6.07, 6.45) is 3.00. The average Bonchev–Trinajstić information content (AvgIpc) is 2.71. The number of benzene rings is 2. The number of nitrogens with one attached hydrogen (secondary N) is 2. The molecule has 0 aliphatic rings. The maximum atomic E-state index is 11.9. The molecule has 7 nitrogen and oxygen atoms in total. The fourth-order valence-electron chi connectivity index (χ4n) is 2.17. The summed E-state index contributed by atoms with van der Waals surface area (Å²) < 4.78 is 10.7. The first-order valence-electron chi connectivity index (χ1n) is 8.41. The van der Waals surface area contributed by atoms with Gasteiger partial charge in [-0.2, -0.15) is 5.10 Å². The van der Waals surface area contributed by atoms with Crippen LogP contribution in [0.3, 0.4) is 0 Å². The maximum Gasteiger partial charge on any atom is 0.329 e. The third-order valence-corrected chi connectivity index (χ3v) is 4.17. The molecule has 0 radical (unpaired) electrons. The van der Waals surface area contributed by atoms with Crippen molar-refractivity contribution in [2.24, 2.45) is 5.10 Å². The summed E-state index contributed by atoms with van der Waals surface area (Å²) in [5.41, 5.74) is 3.43. The van der Waals surface area contributed by atoms with Crippen LogP contribution in [0.25, 0.3) is 0 Å². The first kappa shape index (κ1) is 22.3. The Morgan fingerprint density at radius 1 is 1.14 bits per heavy atom. The van der Waals surface area contributed by atoms with Crippen LogP contribution in [0.5, 0.6) is 11.5 Å². The maximum absolute atomic E-state index is 11.9. The van der Waals surface area contributed by atoms with E-state index in [0.717, 1.165) is 0 Å². The summed E-state index contributed by atoms with van der Waals surface area (Å²) in [6, 6.07) is 9.96. The number of hydrogen-bond donors (Lipinski definition) is 2. The first-order chi connectivity index (χ1) is 13.9. The number of rotatable bonds is 8. The van der Waals surface area contributed by atoms with Gasteiger partial charge in [0.05, 0.1) is 13.3 Å². The van der Waals surface area contributed by atoms with Crippen LogP contribution in [0, 0.1) is 0 Å². The first-order valence-corrected chi connectivity index (χ1v) is 9.17. The Labute approximate surface area is 178 Å². The van der Waals surface area contributed by atoms with Crippen LogP contribution in [0.1, 0.15) is 11.1 Å². The summed E-state index contributed by atoms with van der Waals surface area (Å²) in [6.45, 7) is 4.01. The molecule has 0 heterocycles. The number of methoxy groups -OCH3 is 1. The van der Waals surface area contributed by atoms with Crippen molar-refractivity contribution < 1.29 is 19.1 Å². The van der Waals surface area contributed by atoms with Gasteiger partial charge in [-0.05, 0) is 41.5 Å². The summed E-state index contributed by atoms with van der Waals surface area (Å²) in [5, 5.41) is 7.10. The largest absolute Gasteiger partial charge is 0.493 e. The summed E-state index contributed by atoms with van der Waals surface area (Å²) >= 11 is 11.8. The van der Waals surface area contributed by atoms with E-state index >= 15 is 0 Å². The van der Waals surface area contributed by atoms with Gasteiger partial charge in [0.1, 0.15) is 6.61 Å². The minimum atomic E-state index is -0.913. The van der Waals surface area contributed by atoms with Gasteiger partial charge >= 0.3 is 11.8 Å². The van der Waals surface area contributed by atoms with E-state index in [1.165, 1.54) is 13.3 Å². The molecule has 2 aromatic rings. The van der Waals surface area contributed by atoms with E-state index in [9.17, 15) is 9.59 Å². The van der Waals surface area contributed by atoms with Crippen LogP contribution in [0.4, 0.5) is 0 Å². The predicted octanol–water partition coefficient (Wildman–Crippen LogP) is 3.33. The van der Waals surface area contributed by atoms with E-state index < -0.39 is 11.8 Å². The zero-order chi connectivity index (χ0) is 21.2. The molecule has 0 bridgehead atoms. The van der Waals surface area contributed by atoms with Crippen molar-refractivity contribution in [2.45, 2.75) is 6.54 Å². The molecule has 152 valence electrons. The van der Waals surface area contributed by atoms with Gasteiger partial charge in [0.25, 0.3) is 0 Å². The van der Waals surface area contributed by atoms with Gasteiger partial charge in [-0.1, -0.05) is 41.9 Å². The smallest absolute Gasteiger partial charge is 0.329 e. The molecule has 0 aliphatic heterocycles. The van der Waals surface area contributed by atoms with Crippen molar-refractivity contribution in [3.05, 3.63) is 70.2 Å². The molecule has 0 unspecified atom stereocenters. The fraction of sp³-hybridized carbons (Fsp3) is 0.150. The molecule has 0 aromatic heterocycles. The molecule has 0 spiro atoms. The number of amides is 2. The highest BCUT2D eigenvalue weighted by atomic mass is 35.5. The third-order valence-electron chi connectivity index (χ3n) is 3.58. The van der Waals surface area contributed by atoms with Crippen molar-refractivity contribution >= 4 is 41.2 Å². The number of ether oxygens (including phenoxy) is 2. The van der Waals surface area contributed by atoms with Crippen LogP contribution in [0.2, 0.25) is 10.0 Å². The molecule has 2 amide bonds. The lowest BCUT2D eigenvalue weighted by atomic mass is 10.2. The van der Waals surface area contributed by atoms with E-state index in [2.05, 4.69) is 22.4 Å². The fourth-order valence-corrected chi connectivity index (χ4v) is 2.64. The van der Waals surface area contributed by atoms with Crippen LogP contribution < -0.4 is 20.2 Å². The second-order valence-electron chi connectivity index (χ2n) is 5.63. The van der Waals surface area contributed by atoms with Crippen molar-refractivity contribution in [3.63, 3.8) is 0 Å². The molecule has 2 N–H and O–H groups in total. The summed E-state index contributed by atoms with van der Waals surface area (Å²) in [5.74, 6) is -0.711. The second kappa shape index (κ2) is 11.1. The van der Waals surface area contributed by atoms with E-state index in [1.54, 1.807) is 42.5 Å². The molecule has 0 atom stereocenters. The van der Waals surface area contributed by atoms with Crippen molar-refractivity contribution in [1.29, 1.82) is 0 Å². The van der Waals surface area contributed by atoms with Crippen LogP contribution >= 0.6 is 23.2 Å². The van der Waals surface area contributed by atoms with Gasteiger partial charge in [0.2, 0.25) is 0 Å². The molecule has 2 rings (SSSR count). The Kier molecular flexibility index (Phi) is 8.51. The third kappa shape index (κ3) is 6.81. The minimum Gasteiger partial charge on any atom is -0.493 e. The van der Waals surface area contributed by atoms with Gasteiger partial charge < -0.3 is 14.8 Å². The van der Waals surface area contributed by atoms with Gasteiger partial charge in [-0.3, -0.25) is 9.59 Å². The molecule has 0 fully saturated rings. The average molecular weight is 436 g/mol. The van der Waals surface area contributed by atoms with Gasteiger partial charge in [-0.15, -0.1) is 0 Å². The van der Waals surface area contributed by atoms with Crippen LogP contribution in [-0.4, -0.2) is 31.7 Å².